The van der Waals surface area contributed by atoms with E-state index in [-0.39, 0.29) is 0 Å². The third-order valence-corrected chi connectivity index (χ3v) is 1.97. The van der Waals surface area contributed by atoms with Gasteiger partial charge >= 0.3 is 0 Å². The number of primary amides is 1. The Balaban J connectivity index is 2.88. The zero-order valence-electron chi connectivity index (χ0n) is 6.73. The van der Waals surface area contributed by atoms with Crippen LogP contribution in [0.5, 0.6) is 0 Å². The Morgan fingerprint density at radius 3 is 3.08 bits per heavy atom. The first-order valence-corrected chi connectivity index (χ1v) is 4.34. The summed E-state index contributed by atoms with van der Waals surface area (Å²) in [4.78, 5) is 10.7. The number of hydrogen-bond donors (Lipinski definition) is 1. The second-order valence-corrected chi connectivity index (χ2v) is 3.26. The van der Waals surface area contributed by atoms with E-state index >= 15 is 0 Å². The Labute approximate surface area is 75.7 Å². The van der Waals surface area contributed by atoms with Gasteiger partial charge in [-0.25, -0.2) is 0 Å². The molecule has 1 aromatic heterocycles. The molecule has 2 N–H and O–H groups in total. The molecule has 63 valence electrons. The monoisotopic (exact) mass is 182 g/mol. The maximum absolute atomic E-state index is 10.7. The molecule has 0 saturated heterocycles. The van der Waals surface area contributed by atoms with Gasteiger partial charge in [-0.15, -0.1) is 3.97 Å². The van der Waals surface area contributed by atoms with Crippen molar-refractivity contribution in [1.29, 1.82) is 0 Å². The van der Waals surface area contributed by atoms with Crippen molar-refractivity contribution >= 4 is 17.9 Å². The second-order valence-electron chi connectivity index (χ2n) is 2.16. The molecule has 0 aromatic carbocycles. The Morgan fingerprint density at radius 1 is 1.75 bits per heavy atom. The maximum Gasteiger partial charge on any atom is 0.254 e. The van der Waals surface area contributed by atoms with Crippen LogP contribution in [-0.2, 0) is 0 Å². The number of nitrogens with zero attached hydrogens (tertiary/aromatic N) is 1. The van der Waals surface area contributed by atoms with Gasteiger partial charge in [-0.2, -0.15) is 0 Å². The zero-order valence-corrected chi connectivity index (χ0v) is 7.54. The lowest BCUT2D eigenvalue weighted by Crippen LogP contribution is -2.26. The van der Waals surface area contributed by atoms with Gasteiger partial charge in [0.05, 0.1) is 5.75 Å². The molecule has 1 rings (SSSR count). The molecule has 0 bridgehead atoms. The summed E-state index contributed by atoms with van der Waals surface area (Å²) < 4.78 is 1.82. The Bertz CT molecular complexity index is 288. The van der Waals surface area contributed by atoms with Crippen molar-refractivity contribution in [1.82, 2.24) is 0 Å². The summed E-state index contributed by atoms with van der Waals surface area (Å²) in [5.41, 5.74) is 5.63. The molecule has 4 heteroatoms. The minimum atomic E-state index is -0.402. The molecular weight excluding hydrogens is 172 g/mol. The predicted molar refractivity (Wildman–Crippen MR) is 48.1 cm³/mol. The first-order valence-electron chi connectivity index (χ1n) is 3.50. The number of nitrogens with two attached hydrogens (primary N) is 1. The second kappa shape index (κ2) is 4.11. The van der Waals surface area contributed by atoms with Crippen LogP contribution in [0.4, 0.5) is 0 Å². The van der Waals surface area contributed by atoms with Gasteiger partial charge in [0.25, 0.3) is 5.91 Å². The van der Waals surface area contributed by atoms with E-state index in [1.807, 2.05) is 22.8 Å². The van der Waals surface area contributed by atoms with Crippen molar-refractivity contribution in [2.75, 3.05) is 0 Å². The molecule has 12 heavy (non-hydrogen) atoms. The van der Waals surface area contributed by atoms with E-state index in [0.717, 1.165) is 0 Å². The van der Waals surface area contributed by atoms with E-state index in [9.17, 15) is 4.79 Å². The van der Waals surface area contributed by atoms with Gasteiger partial charge in [0.2, 0.25) is 0 Å². The summed E-state index contributed by atoms with van der Waals surface area (Å²) in [7, 11) is 0. The van der Waals surface area contributed by atoms with E-state index < -0.39 is 5.91 Å². The average molecular weight is 182 g/mol. The number of amides is 1. The zero-order chi connectivity index (χ0) is 8.97. The summed E-state index contributed by atoms with van der Waals surface area (Å²) >= 11 is 1.49. The van der Waals surface area contributed by atoms with Crippen LogP contribution in [0.25, 0.3) is 0 Å². The highest BCUT2D eigenvalue weighted by atomic mass is 32.2. The quantitative estimate of drug-likeness (QED) is 0.701. The third kappa shape index (κ3) is 2.23. The fourth-order valence-corrected chi connectivity index (χ4v) is 1.35. The minimum absolute atomic E-state index is 0.402. The topological polar surface area (TPSA) is 47.0 Å². The Morgan fingerprint density at radius 2 is 2.50 bits per heavy atom. The molecule has 1 amide bonds. The SMILES string of the molecule is C[CH]S[n+]1cccc(C(N)=O)c1. The molecule has 1 radical (unpaired) electrons. The molecule has 0 spiro atoms. The van der Waals surface area contributed by atoms with Gasteiger partial charge in [0, 0.05) is 6.07 Å². The Hall–Kier alpha value is -1.03. The van der Waals surface area contributed by atoms with Gasteiger partial charge in [-0.3, -0.25) is 4.79 Å². The molecule has 0 aliphatic heterocycles. The van der Waals surface area contributed by atoms with Crippen molar-refractivity contribution in [3.05, 3.63) is 35.8 Å². The molecular formula is C8H10N2OS+. The summed E-state index contributed by atoms with van der Waals surface area (Å²) in [5.74, 6) is 1.52. The van der Waals surface area contributed by atoms with Crippen LogP contribution < -0.4 is 9.71 Å². The van der Waals surface area contributed by atoms with E-state index in [4.69, 9.17) is 5.73 Å². The average Bonchev–Trinajstić information content (AvgIpc) is 2.05. The molecule has 0 unspecified atom stereocenters. The van der Waals surface area contributed by atoms with Gasteiger partial charge < -0.3 is 5.73 Å². The van der Waals surface area contributed by atoms with Crippen molar-refractivity contribution in [2.24, 2.45) is 5.73 Å². The van der Waals surface area contributed by atoms with Crippen molar-refractivity contribution in [3.63, 3.8) is 0 Å². The lowest BCUT2D eigenvalue weighted by Gasteiger charge is -1.92. The van der Waals surface area contributed by atoms with Crippen LogP contribution in [0.3, 0.4) is 0 Å². The summed E-state index contributed by atoms with van der Waals surface area (Å²) in [5, 5.41) is 0. The molecule has 0 saturated carbocycles. The summed E-state index contributed by atoms with van der Waals surface area (Å²) in [6.07, 6.45) is 3.56. The number of hydrogen-bond acceptors (Lipinski definition) is 2. The van der Waals surface area contributed by atoms with Gasteiger partial charge in [-0.1, -0.05) is 0 Å². The smallest absolute Gasteiger partial charge is 0.254 e. The number of pyridine rings is 1. The number of carbonyl (C=O) groups is 1. The standard InChI is InChI=1S/C8H9N2OS/c1-2-12-10-5-3-4-7(6-10)8(9)11/h2-6H,1H3,(H-,9,11)/p+1. The molecule has 1 heterocycles. The maximum atomic E-state index is 10.7. The fourth-order valence-electron chi connectivity index (χ4n) is 0.788. The highest BCUT2D eigenvalue weighted by Crippen LogP contribution is 1.99. The van der Waals surface area contributed by atoms with Crippen molar-refractivity contribution in [2.45, 2.75) is 6.92 Å². The van der Waals surface area contributed by atoms with Crippen LogP contribution in [-0.4, -0.2) is 5.91 Å². The van der Waals surface area contributed by atoms with Crippen LogP contribution in [0, 0.1) is 5.75 Å². The largest absolute Gasteiger partial charge is 0.365 e. The Kier molecular flexibility index (Phi) is 3.10. The van der Waals surface area contributed by atoms with E-state index in [0.29, 0.717) is 5.56 Å². The number of aromatic nitrogens is 1. The normalized spacial score (nSPS) is 9.75. The number of rotatable bonds is 3. The molecule has 0 aliphatic carbocycles. The molecule has 0 fully saturated rings. The minimum Gasteiger partial charge on any atom is -0.365 e. The predicted octanol–water partition coefficient (Wildman–Crippen LogP) is 0.751. The summed E-state index contributed by atoms with van der Waals surface area (Å²) in [6, 6.07) is 3.48. The van der Waals surface area contributed by atoms with E-state index in [1.54, 1.807) is 18.3 Å². The van der Waals surface area contributed by atoms with Crippen LogP contribution in [0.1, 0.15) is 17.3 Å². The first-order chi connectivity index (χ1) is 5.74. The highest BCUT2D eigenvalue weighted by Gasteiger charge is 2.06. The highest BCUT2D eigenvalue weighted by molar-refractivity contribution is 7.94. The summed E-state index contributed by atoms with van der Waals surface area (Å²) in [6.45, 7) is 1.93. The van der Waals surface area contributed by atoms with Gasteiger partial charge in [-0.05, 0) is 13.0 Å². The molecule has 0 atom stereocenters. The van der Waals surface area contributed by atoms with E-state index in [2.05, 4.69) is 0 Å². The fraction of sp³-hybridized carbons (Fsp3) is 0.125. The van der Waals surface area contributed by atoms with Crippen LogP contribution >= 0.6 is 11.9 Å². The van der Waals surface area contributed by atoms with Gasteiger partial charge in [0.15, 0.2) is 24.3 Å². The van der Waals surface area contributed by atoms with Crippen LogP contribution in [0.15, 0.2) is 24.5 Å². The molecule has 1 aromatic rings. The molecule has 3 nitrogen and oxygen atoms in total. The third-order valence-electron chi connectivity index (χ3n) is 1.29. The lowest BCUT2D eigenvalue weighted by atomic mass is 10.3. The van der Waals surface area contributed by atoms with Crippen LogP contribution in [0.2, 0.25) is 0 Å². The number of carbonyl (C=O) groups excluding carboxylic acids is 1. The lowest BCUT2D eigenvalue weighted by molar-refractivity contribution is -0.493. The van der Waals surface area contributed by atoms with E-state index in [1.165, 1.54) is 11.9 Å². The first kappa shape index (κ1) is 9.06. The van der Waals surface area contributed by atoms with Crippen molar-refractivity contribution in [3.8, 4) is 0 Å². The van der Waals surface area contributed by atoms with Crippen molar-refractivity contribution < 1.29 is 8.77 Å². The molecule has 0 aliphatic rings. The van der Waals surface area contributed by atoms with Gasteiger partial charge in [0.1, 0.15) is 5.56 Å².